The van der Waals surface area contributed by atoms with Gasteiger partial charge in [0.25, 0.3) is 5.91 Å². The first-order valence-electron chi connectivity index (χ1n) is 19.2. The van der Waals surface area contributed by atoms with Gasteiger partial charge in [-0.25, -0.2) is 13.8 Å². The number of anilines is 3. The van der Waals surface area contributed by atoms with Crippen LogP contribution in [0.5, 0.6) is 5.75 Å². The normalized spacial score (nSPS) is 19.4. The molecule has 2 saturated carbocycles. The summed E-state index contributed by atoms with van der Waals surface area (Å²) in [4.78, 5) is 44.8. The average Bonchev–Trinajstić information content (AvgIpc) is 3.92. The molecule has 4 aromatic rings. The van der Waals surface area contributed by atoms with Crippen LogP contribution in [0.4, 0.5) is 26.0 Å². The molecular formula is C40H47F2N9O4. The van der Waals surface area contributed by atoms with Crippen LogP contribution in [0.25, 0.3) is 5.65 Å². The zero-order valence-electron chi connectivity index (χ0n) is 30.7. The Bertz CT molecular complexity index is 2030. The summed E-state index contributed by atoms with van der Waals surface area (Å²) in [5.74, 6) is -2.02. The number of benzene rings is 2. The van der Waals surface area contributed by atoms with Crippen molar-refractivity contribution in [3.05, 3.63) is 77.1 Å². The van der Waals surface area contributed by atoms with E-state index in [0.717, 1.165) is 57.7 Å². The third kappa shape index (κ3) is 9.10. The molecule has 4 fully saturated rings. The number of nitrogens with one attached hydrogen (secondary N) is 3. The van der Waals surface area contributed by atoms with E-state index < -0.39 is 29.4 Å². The minimum absolute atomic E-state index is 0.0971. The molecule has 1 unspecified atom stereocenters. The fourth-order valence-electron chi connectivity index (χ4n) is 7.60. The Morgan fingerprint density at radius 1 is 1.02 bits per heavy atom. The Morgan fingerprint density at radius 3 is 2.45 bits per heavy atom. The molecule has 290 valence electrons. The van der Waals surface area contributed by atoms with E-state index in [0.29, 0.717) is 39.7 Å². The summed E-state index contributed by atoms with van der Waals surface area (Å²) < 4.78 is 36.9. The van der Waals surface area contributed by atoms with Crippen molar-refractivity contribution < 1.29 is 27.9 Å². The molecular weight excluding hydrogens is 708 g/mol. The van der Waals surface area contributed by atoms with Gasteiger partial charge in [-0.05, 0) is 68.5 Å². The Kier molecular flexibility index (Phi) is 11.6. The zero-order valence-corrected chi connectivity index (χ0v) is 30.7. The predicted molar refractivity (Wildman–Crippen MR) is 205 cm³/mol. The van der Waals surface area contributed by atoms with Crippen LogP contribution >= 0.6 is 0 Å². The molecule has 0 bridgehead atoms. The topological polar surface area (TPSA) is 171 Å². The van der Waals surface area contributed by atoms with Crippen LogP contribution in [0.3, 0.4) is 0 Å². The van der Waals surface area contributed by atoms with E-state index in [4.69, 9.17) is 15.9 Å². The standard InChI is InChI=1S/C23H31F2N3O2.C17H16N6O2/c24-19-14-17(15-20(25)22(19)18-6-7-21(29)26-23(18)30)28-12-10-27(11-13-28)9-8-16-4-2-1-3-5-16;18-8-10-6-12(14(7-13(10)19)25-11-3-4-11)17(24)22-16-9-20-15-2-1-5-21-23(15)16/h14-16,18H,1-13H2,(H,26,29,30);1-2,5-9,11,18H,3-4,19H2,(H,22,24). The highest BCUT2D eigenvalue weighted by Gasteiger charge is 2.33. The summed E-state index contributed by atoms with van der Waals surface area (Å²) in [6.45, 7) is 4.37. The van der Waals surface area contributed by atoms with Gasteiger partial charge in [-0.2, -0.15) is 9.61 Å². The van der Waals surface area contributed by atoms with Crippen molar-refractivity contribution in [3.63, 3.8) is 0 Å². The SMILES string of the molecule is N=Cc1cc(C(=O)Nc2cnc3cccnn23)c(OC2CC2)cc1N.O=C1CCC(c2c(F)cc(N3CCN(CCC4CCCCC4)CC3)cc2F)C(=O)N1. The monoisotopic (exact) mass is 755 g/mol. The van der Waals surface area contributed by atoms with Crippen LogP contribution in [0.2, 0.25) is 0 Å². The first kappa shape index (κ1) is 37.9. The Balaban J connectivity index is 0.000000172. The molecule has 5 N–H and O–H groups in total. The molecule has 8 rings (SSSR count). The number of piperidine rings is 1. The lowest BCUT2D eigenvalue weighted by Crippen LogP contribution is -2.47. The van der Waals surface area contributed by atoms with Gasteiger partial charge in [-0.3, -0.25) is 24.6 Å². The third-order valence-electron chi connectivity index (χ3n) is 10.9. The second kappa shape index (κ2) is 16.9. The highest BCUT2D eigenvalue weighted by atomic mass is 19.1. The van der Waals surface area contributed by atoms with Crippen LogP contribution in [0.1, 0.15) is 91.6 Å². The molecule has 0 radical (unpaired) electrons. The number of aromatic nitrogens is 3. The number of amides is 3. The Morgan fingerprint density at radius 2 is 1.76 bits per heavy atom. The fraction of sp³-hybridized carbons (Fsp3) is 0.450. The van der Waals surface area contributed by atoms with E-state index in [-0.39, 0.29) is 30.4 Å². The molecule has 1 atom stereocenters. The molecule has 2 aliphatic heterocycles. The number of carbonyl (C=O) groups is 3. The van der Waals surface area contributed by atoms with E-state index in [1.54, 1.807) is 30.5 Å². The number of nitrogens with two attached hydrogens (primary N) is 1. The number of fused-ring (bicyclic) bond motifs is 1. The molecule has 2 aromatic heterocycles. The summed E-state index contributed by atoms with van der Waals surface area (Å²) in [6, 6.07) is 9.39. The number of ether oxygens (including phenoxy) is 1. The number of halogens is 2. The van der Waals surface area contributed by atoms with Crippen LogP contribution in [-0.2, 0) is 9.59 Å². The summed E-state index contributed by atoms with van der Waals surface area (Å²) >= 11 is 0. The van der Waals surface area contributed by atoms with Crippen molar-refractivity contribution >= 4 is 46.8 Å². The van der Waals surface area contributed by atoms with Gasteiger partial charge in [-0.1, -0.05) is 32.1 Å². The minimum Gasteiger partial charge on any atom is -0.490 e. The quantitative estimate of drug-likeness (QED) is 0.0904. The molecule has 15 heteroatoms. The lowest BCUT2D eigenvalue weighted by atomic mass is 9.87. The number of imidazole rings is 1. The molecule has 2 aliphatic carbocycles. The molecule has 2 saturated heterocycles. The van der Waals surface area contributed by atoms with Crippen molar-refractivity contribution in [3.8, 4) is 5.75 Å². The van der Waals surface area contributed by atoms with Gasteiger partial charge in [0.15, 0.2) is 11.5 Å². The zero-order chi connectivity index (χ0) is 38.5. The van der Waals surface area contributed by atoms with E-state index in [9.17, 15) is 23.2 Å². The number of imide groups is 1. The molecule has 2 aromatic carbocycles. The van der Waals surface area contributed by atoms with E-state index in [2.05, 4.69) is 25.6 Å². The van der Waals surface area contributed by atoms with Crippen molar-refractivity contribution in [1.82, 2.24) is 24.8 Å². The molecule has 4 heterocycles. The lowest BCUT2D eigenvalue weighted by Gasteiger charge is -2.37. The lowest BCUT2D eigenvalue weighted by molar-refractivity contribution is -0.134. The minimum atomic E-state index is -0.951. The van der Waals surface area contributed by atoms with Gasteiger partial charge >= 0.3 is 0 Å². The first-order chi connectivity index (χ1) is 26.7. The maximum Gasteiger partial charge on any atom is 0.260 e. The first-order valence-corrected chi connectivity index (χ1v) is 19.2. The number of nitrogens with zero attached hydrogens (tertiary/aromatic N) is 5. The fourth-order valence-corrected chi connectivity index (χ4v) is 7.60. The van der Waals surface area contributed by atoms with Crippen molar-refractivity contribution in [2.75, 3.05) is 48.7 Å². The smallest absolute Gasteiger partial charge is 0.260 e. The van der Waals surface area contributed by atoms with Crippen LogP contribution in [0, 0.1) is 23.0 Å². The van der Waals surface area contributed by atoms with Gasteiger partial charge in [0.1, 0.15) is 17.4 Å². The highest BCUT2D eigenvalue weighted by molar-refractivity contribution is 6.07. The maximum atomic E-state index is 14.8. The van der Waals surface area contributed by atoms with Crippen molar-refractivity contribution in [2.24, 2.45) is 5.92 Å². The Labute approximate surface area is 318 Å². The van der Waals surface area contributed by atoms with Crippen LogP contribution in [0.15, 0.2) is 48.8 Å². The third-order valence-corrected chi connectivity index (χ3v) is 10.9. The number of nitrogen functional groups attached to an aromatic ring is 1. The van der Waals surface area contributed by atoms with Gasteiger partial charge in [0, 0.05) is 73.6 Å². The molecule has 13 nitrogen and oxygen atoms in total. The van der Waals surface area contributed by atoms with E-state index in [1.165, 1.54) is 61.4 Å². The van der Waals surface area contributed by atoms with E-state index >= 15 is 0 Å². The summed E-state index contributed by atoms with van der Waals surface area (Å²) in [7, 11) is 0. The van der Waals surface area contributed by atoms with Crippen LogP contribution in [-0.4, -0.2) is 82.3 Å². The van der Waals surface area contributed by atoms with Gasteiger partial charge < -0.3 is 26.1 Å². The molecule has 3 amide bonds. The van der Waals surface area contributed by atoms with Gasteiger partial charge in [-0.15, -0.1) is 0 Å². The maximum absolute atomic E-state index is 14.8. The van der Waals surface area contributed by atoms with Crippen LogP contribution < -0.4 is 26.0 Å². The van der Waals surface area contributed by atoms with E-state index in [1.807, 2.05) is 4.90 Å². The highest BCUT2D eigenvalue weighted by Crippen LogP contribution is 2.34. The average molecular weight is 756 g/mol. The van der Waals surface area contributed by atoms with Gasteiger partial charge in [0.2, 0.25) is 11.8 Å². The number of rotatable bonds is 10. The predicted octanol–water partition coefficient (Wildman–Crippen LogP) is 5.68. The molecule has 0 spiro atoms. The second-order valence-corrected chi connectivity index (χ2v) is 14.8. The summed E-state index contributed by atoms with van der Waals surface area (Å²) in [5.41, 5.74) is 8.03. The largest absolute Gasteiger partial charge is 0.490 e. The molecule has 4 aliphatic rings. The number of carbonyl (C=O) groups excluding carboxylic acids is 3. The number of hydrogen-bond donors (Lipinski definition) is 4. The Hall–Kier alpha value is -5.44. The van der Waals surface area contributed by atoms with Crippen molar-refractivity contribution in [2.45, 2.75) is 76.2 Å². The summed E-state index contributed by atoms with van der Waals surface area (Å²) in [5, 5.41) is 16.6. The number of piperazine rings is 1. The molecule has 55 heavy (non-hydrogen) atoms. The second-order valence-electron chi connectivity index (χ2n) is 14.8. The van der Waals surface area contributed by atoms with Gasteiger partial charge in [0.05, 0.1) is 23.8 Å². The summed E-state index contributed by atoms with van der Waals surface area (Å²) in [6.07, 6.45) is 14.6. The number of hydrogen-bond acceptors (Lipinski definition) is 10. The van der Waals surface area contributed by atoms with Crippen molar-refractivity contribution in [1.29, 1.82) is 5.41 Å².